The van der Waals surface area contributed by atoms with Crippen LogP contribution in [0.2, 0.25) is 0 Å². The van der Waals surface area contributed by atoms with Gasteiger partial charge in [0.25, 0.3) is 0 Å². The number of anilines is 1. The van der Waals surface area contributed by atoms with Crippen molar-refractivity contribution in [1.82, 2.24) is 9.78 Å². The molecule has 0 bridgehead atoms. The molecule has 0 fully saturated rings. The number of halogens is 4. The van der Waals surface area contributed by atoms with E-state index in [0.717, 1.165) is 23.5 Å². The molecule has 0 aliphatic heterocycles. The molecular weight excluding hydrogens is 274 g/mol. The summed E-state index contributed by atoms with van der Waals surface area (Å²) in [5.74, 6) is -0.725. The normalized spacial score (nSPS) is 11.7. The summed E-state index contributed by atoms with van der Waals surface area (Å²) in [5.41, 5.74) is 0.467. The molecule has 7 heteroatoms. The molecule has 108 valence electrons. The van der Waals surface area contributed by atoms with Crippen LogP contribution in [0.3, 0.4) is 0 Å². The van der Waals surface area contributed by atoms with Gasteiger partial charge in [-0.2, -0.15) is 18.3 Å². The molecule has 0 saturated heterocycles. The van der Waals surface area contributed by atoms with Crippen LogP contribution >= 0.6 is 0 Å². The highest BCUT2D eigenvalue weighted by atomic mass is 19.4. The number of aryl methyl sites for hydroxylation is 2. The Labute approximate surface area is 113 Å². The lowest BCUT2D eigenvalue weighted by Gasteiger charge is -2.11. The molecule has 1 heterocycles. The topological polar surface area (TPSA) is 29.9 Å². The summed E-state index contributed by atoms with van der Waals surface area (Å²) in [7, 11) is 1.71. The van der Waals surface area contributed by atoms with Gasteiger partial charge in [-0.05, 0) is 31.2 Å². The van der Waals surface area contributed by atoms with Gasteiger partial charge in [0.2, 0.25) is 0 Å². The quantitative estimate of drug-likeness (QED) is 0.876. The smallest absolute Gasteiger partial charge is 0.377 e. The molecule has 0 spiro atoms. The number of alkyl halides is 3. The minimum Gasteiger partial charge on any atom is -0.377 e. The molecule has 0 amide bonds. The summed E-state index contributed by atoms with van der Waals surface area (Å²) in [6.45, 7) is 1.99. The van der Waals surface area contributed by atoms with Crippen molar-refractivity contribution in [1.29, 1.82) is 0 Å². The summed E-state index contributed by atoms with van der Waals surface area (Å²) >= 11 is 0. The fraction of sp³-hybridized carbons (Fsp3) is 0.308. The fourth-order valence-corrected chi connectivity index (χ4v) is 1.85. The maximum atomic E-state index is 13.5. The van der Waals surface area contributed by atoms with E-state index >= 15 is 0 Å². The summed E-state index contributed by atoms with van der Waals surface area (Å²) in [6, 6.07) is 4.06. The first-order valence-corrected chi connectivity index (χ1v) is 5.87. The summed E-state index contributed by atoms with van der Waals surface area (Å²) in [4.78, 5) is 0. The van der Waals surface area contributed by atoms with Gasteiger partial charge in [0.15, 0.2) is 0 Å². The van der Waals surface area contributed by atoms with Crippen LogP contribution in [0, 0.1) is 12.7 Å². The Hall–Kier alpha value is -2.05. The third kappa shape index (κ3) is 3.09. The SMILES string of the molecule is Cc1cc(CNc2cc(C(F)(F)F)ccc2F)n(C)n1. The van der Waals surface area contributed by atoms with E-state index < -0.39 is 17.6 Å². The minimum atomic E-state index is -4.49. The van der Waals surface area contributed by atoms with Crippen molar-refractivity contribution in [3.8, 4) is 0 Å². The Morgan fingerprint density at radius 3 is 2.50 bits per heavy atom. The number of rotatable bonds is 3. The highest BCUT2D eigenvalue weighted by Gasteiger charge is 2.31. The highest BCUT2D eigenvalue weighted by molar-refractivity contribution is 5.48. The lowest BCUT2D eigenvalue weighted by atomic mass is 10.2. The summed E-state index contributed by atoms with van der Waals surface area (Å²) < 4.78 is 52.8. The van der Waals surface area contributed by atoms with Gasteiger partial charge in [-0.3, -0.25) is 4.68 Å². The zero-order valence-electron chi connectivity index (χ0n) is 10.9. The Bertz CT molecular complexity index is 617. The van der Waals surface area contributed by atoms with Crippen molar-refractivity contribution in [2.24, 2.45) is 7.05 Å². The van der Waals surface area contributed by atoms with E-state index in [0.29, 0.717) is 6.07 Å². The second-order valence-electron chi connectivity index (χ2n) is 4.45. The van der Waals surface area contributed by atoms with Crippen molar-refractivity contribution in [3.63, 3.8) is 0 Å². The maximum absolute atomic E-state index is 13.5. The van der Waals surface area contributed by atoms with E-state index in [9.17, 15) is 17.6 Å². The molecule has 0 aliphatic carbocycles. The maximum Gasteiger partial charge on any atom is 0.416 e. The molecule has 0 saturated carbocycles. The van der Waals surface area contributed by atoms with E-state index in [1.54, 1.807) is 24.7 Å². The molecule has 1 aromatic heterocycles. The first-order valence-electron chi connectivity index (χ1n) is 5.87. The zero-order chi connectivity index (χ0) is 14.9. The lowest BCUT2D eigenvalue weighted by molar-refractivity contribution is -0.137. The first-order chi connectivity index (χ1) is 9.27. The van der Waals surface area contributed by atoms with Crippen molar-refractivity contribution in [3.05, 3.63) is 47.0 Å². The Morgan fingerprint density at radius 2 is 1.95 bits per heavy atom. The molecule has 2 aromatic rings. The van der Waals surface area contributed by atoms with Crippen LogP contribution in [-0.2, 0) is 19.8 Å². The Morgan fingerprint density at radius 1 is 1.25 bits per heavy atom. The van der Waals surface area contributed by atoms with Crippen LogP contribution in [0.4, 0.5) is 23.2 Å². The average Bonchev–Trinajstić information content (AvgIpc) is 2.65. The van der Waals surface area contributed by atoms with Crippen molar-refractivity contribution in [2.45, 2.75) is 19.6 Å². The predicted molar refractivity (Wildman–Crippen MR) is 66.7 cm³/mol. The summed E-state index contributed by atoms with van der Waals surface area (Å²) in [6.07, 6.45) is -4.49. The van der Waals surface area contributed by atoms with Gasteiger partial charge in [-0.1, -0.05) is 0 Å². The largest absolute Gasteiger partial charge is 0.416 e. The highest BCUT2D eigenvalue weighted by Crippen LogP contribution is 2.31. The fourth-order valence-electron chi connectivity index (χ4n) is 1.85. The van der Waals surface area contributed by atoms with Crippen molar-refractivity contribution in [2.75, 3.05) is 5.32 Å². The molecule has 20 heavy (non-hydrogen) atoms. The number of nitrogens with zero attached hydrogens (tertiary/aromatic N) is 2. The number of hydrogen-bond acceptors (Lipinski definition) is 2. The molecule has 1 aromatic carbocycles. The molecule has 2 rings (SSSR count). The third-order valence-electron chi connectivity index (χ3n) is 2.85. The van der Waals surface area contributed by atoms with Gasteiger partial charge in [-0.25, -0.2) is 4.39 Å². The van der Waals surface area contributed by atoms with E-state index in [2.05, 4.69) is 10.4 Å². The van der Waals surface area contributed by atoms with Crippen LogP contribution in [0.1, 0.15) is 17.0 Å². The van der Waals surface area contributed by atoms with E-state index in [1.807, 2.05) is 0 Å². The van der Waals surface area contributed by atoms with Crippen LogP contribution in [-0.4, -0.2) is 9.78 Å². The zero-order valence-corrected chi connectivity index (χ0v) is 10.9. The average molecular weight is 287 g/mol. The molecule has 0 aliphatic rings. The van der Waals surface area contributed by atoms with Crippen molar-refractivity contribution < 1.29 is 17.6 Å². The van der Waals surface area contributed by atoms with Gasteiger partial charge in [0.05, 0.1) is 29.2 Å². The number of nitrogens with one attached hydrogen (secondary N) is 1. The first kappa shape index (κ1) is 14.4. The number of benzene rings is 1. The Balaban J connectivity index is 2.19. The lowest BCUT2D eigenvalue weighted by Crippen LogP contribution is -2.09. The van der Waals surface area contributed by atoms with Gasteiger partial charge in [0.1, 0.15) is 5.82 Å². The van der Waals surface area contributed by atoms with E-state index in [4.69, 9.17) is 0 Å². The van der Waals surface area contributed by atoms with Crippen LogP contribution in [0.15, 0.2) is 24.3 Å². The van der Waals surface area contributed by atoms with Crippen LogP contribution in [0.5, 0.6) is 0 Å². The van der Waals surface area contributed by atoms with Gasteiger partial charge >= 0.3 is 6.18 Å². The second kappa shape index (κ2) is 5.15. The predicted octanol–water partition coefficient (Wildman–Crippen LogP) is 3.50. The second-order valence-corrected chi connectivity index (χ2v) is 4.45. The van der Waals surface area contributed by atoms with Crippen LogP contribution < -0.4 is 5.32 Å². The molecule has 3 nitrogen and oxygen atoms in total. The van der Waals surface area contributed by atoms with Crippen LogP contribution in [0.25, 0.3) is 0 Å². The molecular formula is C13H13F4N3. The molecule has 1 N–H and O–H groups in total. The van der Waals surface area contributed by atoms with Gasteiger partial charge < -0.3 is 5.32 Å². The van der Waals surface area contributed by atoms with E-state index in [1.165, 1.54) is 0 Å². The standard InChI is InChI=1S/C13H13F4N3/c1-8-5-10(20(2)19-8)7-18-12-6-9(13(15,16)17)3-4-11(12)14/h3-6,18H,7H2,1-2H3. The number of aromatic nitrogens is 2. The third-order valence-corrected chi connectivity index (χ3v) is 2.85. The van der Waals surface area contributed by atoms with Gasteiger partial charge in [-0.15, -0.1) is 0 Å². The Kier molecular flexibility index (Phi) is 3.69. The molecule has 0 atom stereocenters. The monoisotopic (exact) mass is 287 g/mol. The van der Waals surface area contributed by atoms with Crippen molar-refractivity contribution >= 4 is 5.69 Å². The molecule has 0 radical (unpaired) electrons. The number of hydrogen-bond donors (Lipinski definition) is 1. The molecule has 0 unspecified atom stereocenters. The van der Waals surface area contributed by atoms with E-state index in [-0.39, 0.29) is 12.2 Å². The minimum absolute atomic E-state index is 0.182. The summed E-state index contributed by atoms with van der Waals surface area (Å²) in [5, 5.41) is 6.77. The van der Waals surface area contributed by atoms with Gasteiger partial charge in [0, 0.05) is 7.05 Å².